The van der Waals surface area contributed by atoms with Crippen molar-refractivity contribution in [2.24, 2.45) is 0 Å². The molecule has 2 aromatic rings. The molecule has 0 bridgehead atoms. The van der Waals surface area contributed by atoms with Crippen LogP contribution in [0.3, 0.4) is 0 Å². The first kappa shape index (κ1) is 22.8. The summed E-state index contributed by atoms with van der Waals surface area (Å²) in [4.78, 5) is 26.3. The van der Waals surface area contributed by atoms with Crippen LogP contribution in [0.15, 0.2) is 47.4 Å². The summed E-state index contributed by atoms with van der Waals surface area (Å²) in [5.41, 5.74) is 2.49. The molecule has 2 aromatic carbocycles. The lowest BCUT2D eigenvalue weighted by molar-refractivity contribution is -0.121. The Morgan fingerprint density at radius 1 is 1.19 bits per heavy atom. The zero-order chi connectivity index (χ0) is 22.6. The standard InChI is InChI=1S/C23H28N2O5S/c1-4-23(27)25-16(2)12-18-14-20(8-9-21(18)25)31(28,29)11-10-22(26)24-15-17-6-5-7-19(13-17)30-3/h5-9,13-14,16H,4,10-12,15H2,1-3H3,(H,24,26)/t16-/m0/s1. The van der Waals surface area contributed by atoms with Gasteiger partial charge in [-0.1, -0.05) is 19.1 Å². The molecule has 1 heterocycles. The van der Waals surface area contributed by atoms with Crippen molar-refractivity contribution in [1.82, 2.24) is 5.32 Å². The average Bonchev–Trinajstić information content (AvgIpc) is 3.10. The van der Waals surface area contributed by atoms with Gasteiger partial charge in [0.15, 0.2) is 9.84 Å². The molecule has 0 aliphatic carbocycles. The zero-order valence-corrected chi connectivity index (χ0v) is 18.9. The van der Waals surface area contributed by atoms with Crippen LogP contribution in [-0.4, -0.2) is 39.1 Å². The van der Waals surface area contributed by atoms with E-state index in [1.54, 1.807) is 24.1 Å². The van der Waals surface area contributed by atoms with Crippen molar-refractivity contribution in [1.29, 1.82) is 0 Å². The minimum atomic E-state index is -3.62. The zero-order valence-electron chi connectivity index (χ0n) is 18.1. The number of fused-ring (bicyclic) bond motifs is 1. The van der Waals surface area contributed by atoms with E-state index in [9.17, 15) is 18.0 Å². The van der Waals surface area contributed by atoms with Gasteiger partial charge in [0.05, 0.1) is 17.8 Å². The van der Waals surface area contributed by atoms with Gasteiger partial charge in [0.1, 0.15) is 5.75 Å². The molecule has 3 rings (SSSR count). The Balaban J connectivity index is 1.61. The molecule has 2 amide bonds. The third kappa shape index (κ3) is 5.25. The SMILES string of the molecule is CCC(=O)N1c2ccc(S(=O)(=O)CCC(=O)NCc3cccc(OC)c3)cc2C[C@@H]1C. The first-order chi connectivity index (χ1) is 14.7. The molecule has 166 valence electrons. The summed E-state index contributed by atoms with van der Waals surface area (Å²) in [6.07, 6.45) is 0.889. The number of hydrogen-bond donors (Lipinski definition) is 1. The first-order valence-electron chi connectivity index (χ1n) is 10.3. The molecular weight excluding hydrogens is 416 g/mol. The van der Waals surface area contributed by atoms with Crippen molar-refractivity contribution in [2.45, 2.75) is 50.6 Å². The number of carbonyl (C=O) groups excluding carboxylic acids is 2. The maximum Gasteiger partial charge on any atom is 0.226 e. The highest BCUT2D eigenvalue weighted by atomic mass is 32.2. The molecule has 0 aromatic heterocycles. The summed E-state index contributed by atoms with van der Waals surface area (Å²) >= 11 is 0. The summed E-state index contributed by atoms with van der Waals surface area (Å²) in [5.74, 6) is 0.109. The minimum Gasteiger partial charge on any atom is -0.497 e. The molecule has 0 spiro atoms. The van der Waals surface area contributed by atoms with Gasteiger partial charge >= 0.3 is 0 Å². The Bertz CT molecular complexity index is 1080. The largest absolute Gasteiger partial charge is 0.497 e. The summed E-state index contributed by atoms with van der Waals surface area (Å²) in [6.45, 7) is 4.06. The Labute approximate surface area is 183 Å². The third-order valence-electron chi connectivity index (χ3n) is 5.42. The van der Waals surface area contributed by atoms with Crippen LogP contribution in [0.25, 0.3) is 0 Å². The molecule has 1 N–H and O–H groups in total. The van der Waals surface area contributed by atoms with Crippen molar-refractivity contribution in [2.75, 3.05) is 17.8 Å². The lowest BCUT2D eigenvalue weighted by atomic mass is 10.1. The predicted octanol–water partition coefficient (Wildman–Crippen LogP) is 2.86. The number of methoxy groups -OCH3 is 1. The lowest BCUT2D eigenvalue weighted by Gasteiger charge is -2.22. The van der Waals surface area contributed by atoms with E-state index in [2.05, 4.69) is 5.32 Å². The molecule has 8 heteroatoms. The lowest BCUT2D eigenvalue weighted by Crippen LogP contribution is -2.35. The predicted molar refractivity (Wildman–Crippen MR) is 119 cm³/mol. The Morgan fingerprint density at radius 3 is 2.68 bits per heavy atom. The fourth-order valence-corrected chi connectivity index (χ4v) is 5.05. The number of nitrogens with zero attached hydrogens (tertiary/aromatic N) is 1. The number of carbonyl (C=O) groups is 2. The van der Waals surface area contributed by atoms with Crippen molar-refractivity contribution in [3.8, 4) is 5.75 Å². The van der Waals surface area contributed by atoms with Crippen LogP contribution >= 0.6 is 0 Å². The van der Waals surface area contributed by atoms with E-state index in [0.717, 1.165) is 16.8 Å². The molecule has 31 heavy (non-hydrogen) atoms. The molecule has 1 aliphatic heterocycles. The van der Waals surface area contributed by atoms with Crippen molar-refractivity contribution in [3.05, 3.63) is 53.6 Å². The minimum absolute atomic E-state index is 0.00259. The van der Waals surface area contributed by atoms with E-state index >= 15 is 0 Å². The van der Waals surface area contributed by atoms with E-state index < -0.39 is 9.84 Å². The normalized spacial score (nSPS) is 15.5. The van der Waals surface area contributed by atoms with Gasteiger partial charge in [-0.15, -0.1) is 0 Å². The van der Waals surface area contributed by atoms with E-state index in [1.807, 2.05) is 38.1 Å². The van der Waals surface area contributed by atoms with Crippen LogP contribution in [0.2, 0.25) is 0 Å². The highest BCUT2D eigenvalue weighted by molar-refractivity contribution is 7.91. The van der Waals surface area contributed by atoms with Gasteiger partial charge in [-0.3, -0.25) is 9.59 Å². The highest BCUT2D eigenvalue weighted by Gasteiger charge is 2.31. The number of amides is 2. The molecule has 1 atom stereocenters. The van der Waals surface area contributed by atoms with Gasteiger partial charge in [-0.05, 0) is 54.8 Å². The van der Waals surface area contributed by atoms with Gasteiger partial charge in [-0.25, -0.2) is 8.42 Å². The first-order valence-corrected chi connectivity index (χ1v) is 12.0. The average molecular weight is 445 g/mol. The molecule has 7 nitrogen and oxygen atoms in total. The van der Waals surface area contributed by atoms with Crippen LogP contribution < -0.4 is 15.0 Å². The number of nitrogens with one attached hydrogen (secondary N) is 1. The second-order valence-electron chi connectivity index (χ2n) is 7.66. The molecular formula is C23H28N2O5S. The number of hydrogen-bond acceptors (Lipinski definition) is 5. The van der Waals surface area contributed by atoms with E-state index in [1.165, 1.54) is 6.07 Å². The fraction of sp³-hybridized carbons (Fsp3) is 0.391. The third-order valence-corrected chi connectivity index (χ3v) is 7.13. The van der Waals surface area contributed by atoms with Crippen molar-refractivity contribution in [3.63, 3.8) is 0 Å². The molecule has 0 fully saturated rings. The van der Waals surface area contributed by atoms with Gasteiger partial charge in [-0.2, -0.15) is 0 Å². The van der Waals surface area contributed by atoms with Gasteiger partial charge in [0.2, 0.25) is 11.8 Å². The van der Waals surface area contributed by atoms with Gasteiger partial charge < -0.3 is 15.0 Å². The monoisotopic (exact) mass is 444 g/mol. The summed E-state index contributed by atoms with van der Waals surface area (Å²) in [6, 6.07) is 12.2. The number of anilines is 1. The molecule has 0 saturated heterocycles. The molecule has 0 unspecified atom stereocenters. The highest BCUT2D eigenvalue weighted by Crippen LogP contribution is 2.34. The quantitative estimate of drug-likeness (QED) is 0.676. The molecule has 0 saturated carbocycles. The summed E-state index contributed by atoms with van der Waals surface area (Å²) in [5, 5.41) is 2.74. The fourth-order valence-electron chi connectivity index (χ4n) is 3.77. The number of benzene rings is 2. The van der Waals surface area contributed by atoms with Crippen LogP contribution in [0.5, 0.6) is 5.75 Å². The van der Waals surface area contributed by atoms with Crippen molar-refractivity contribution >= 4 is 27.3 Å². The van der Waals surface area contributed by atoms with Gasteiger partial charge in [0, 0.05) is 31.1 Å². The maximum absolute atomic E-state index is 12.8. The van der Waals surface area contributed by atoms with E-state index in [0.29, 0.717) is 25.1 Å². The van der Waals surface area contributed by atoms with Crippen LogP contribution in [-0.2, 0) is 32.4 Å². The summed E-state index contributed by atoms with van der Waals surface area (Å²) in [7, 11) is -2.04. The number of ether oxygens (including phenoxy) is 1. The van der Waals surface area contributed by atoms with Crippen molar-refractivity contribution < 1.29 is 22.7 Å². The topological polar surface area (TPSA) is 92.8 Å². The Hall–Kier alpha value is -2.87. The second kappa shape index (κ2) is 9.51. The molecule has 1 aliphatic rings. The van der Waals surface area contributed by atoms with Crippen LogP contribution in [0, 0.1) is 0 Å². The van der Waals surface area contributed by atoms with E-state index in [-0.39, 0.29) is 34.9 Å². The maximum atomic E-state index is 12.8. The number of rotatable bonds is 8. The van der Waals surface area contributed by atoms with Crippen LogP contribution in [0.4, 0.5) is 5.69 Å². The van der Waals surface area contributed by atoms with Crippen LogP contribution in [0.1, 0.15) is 37.8 Å². The van der Waals surface area contributed by atoms with E-state index in [4.69, 9.17) is 4.74 Å². The van der Waals surface area contributed by atoms with Gasteiger partial charge in [0.25, 0.3) is 0 Å². The Morgan fingerprint density at radius 2 is 1.97 bits per heavy atom. The molecule has 0 radical (unpaired) electrons. The Kier molecular flexibility index (Phi) is 7.00. The summed E-state index contributed by atoms with van der Waals surface area (Å²) < 4.78 is 30.7. The smallest absolute Gasteiger partial charge is 0.226 e. The number of sulfone groups is 1. The second-order valence-corrected chi connectivity index (χ2v) is 9.77.